The Kier molecular flexibility index (Phi) is 4.95. The van der Waals surface area contributed by atoms with Crippen LogP contribution in [-0.4, -0.2) is 36.2 Å². The maximum atomic E-state index is 12.7. The minimum atomic E-state index is -0.661. The number of hydrogen-bond acceptors (Lipinski definition) is 5. The summed E-state index contributed by atoms with van der Waals surface area (Å²) in [5, 5.41) is 0.767. The zero-order valence-electron chi connectivity index (χ0n) is 14.7. The summed E-state index contributed by atoms with van der Waals surface area (Å²) in [6.07, 6.45) is 3.17. The molecule has 0 atom stereocenters. The van der Waals surface area contributed by atoms with Crippen molar-refractivity contribution in [1.29, 1.82) is 0 Å². The number of benzene rings is 1. The van der Waals surface area contributed by atoms with Crippen molar-refractivity contribution in [3.8, 4) is 5.69 Å². The van der Waals surface area contributed by atoms with Crippen LogP contribution < -0.4 is 10.3 Å². The molecule has 26 heavy (non-hydrogen) atoms. The number of esters is 1. The van der Waals surface area contributed by atoms with Crippen LogP contribution in [0.25, 0.3) is 16.6 Å². The maximum Gasteiger partial charge on any atom is 0.343 e. The third kappa shape index (κ3) is 3.28. The molecule has 2 heterocycles. The molecule has 3 rings (SSSR count). The van der Waals surface area contributed by atoms with Crippen molar-refractivity contribution in [2.75, 3.05) is 25.6 Å². The van der Waals surface area contributed by atoms with Crippen LogP contribution >= 0.6 is 11.6 Å². The van der Waals surface area contributed by atoms with Crippen LogP contribution in [-0.2, 0) is 4.74 Å². The molecule has 0 N–H and O–H groups in total. The number of halogens is 1. The SMILES string of the molecule is CCOC(=O)c1cn(-c2ccc(N(C)C)nc2)c2ccc(Cl)cc2c1=O. The molecule has 0 unspecified atom stereocenters. The van der Waals surface area contributed by atoms with E-state index in [-0.39, 0.29) is 12.2 Å². The Hall–Kier alpha value is -2.86. The molecule has 0 radical (unpaired) electrons. The van der Waals surface area contributed by atoms with Crippen LogP contribution in [0.2, 0.25) is 5.02 Å². The van der Waals surface area contributed by atoms with Gasteiger partial charge in [-0.1, -0.05) is 11.6 Å². The number of nitrogens with zero attached hydrogens (tertiary/aromatic N) is 3. The van der Waals surface area contributed by atoms with Crippen LogP contribution in [0.1, 0.15) is 17.3 Å². The lowest BCUT2D eigenvalue weighted by Crippen LogP contribution is -2.20. The molecule has 0 aliphatic carbocycles. The molecule has 0 amide bonds. The molecule has 0 saturated heterocycles. The van der Waals surface area contributed by atoms with E-state index < -0.39 is 11.4 Å². The largest absolute Gasteiger partial charge is 0.462 e. The first-order chi connectivity index (χ1) is 12.4. The number of rotatable bonds is 4. The molecule has 0 bridgehead atoms. The van der Waals surface area contributed by atoms with E-state index in [9.17, 15) is 9.59 Å². The Balaban J connectivity index is 2.28. The van der Waals surface area contributed by atoms with Crippen molar-refractivity contribution in [1.82, 2.24) is 9.55 Å². The van der Waals surface area contributed by atoms with Gasteiger partial charge in [-0.15, -0.1) is 0 Å². The van der Waals surface area contributed by atoms with Crippen LogP contribution in [0.5, 0.6) is 0 Å². The van der Waals surface area contributed by atoms with Gasteiger partial charge in [0.1, 0.15) is 11.4 Å². The molecule has 7 heteroatoms. The normalized spacial score (nSPS) is 10.8. The summed E-state index contributed by atoms with van der Waals surface area (Å²) in [6.45, 7) is 1.88. The number of fused-ring (bicyclic) bond motifs is 1. The molecule has 0 aliphatic rings. The van der Waals surface area contributed by atoms with Crippen LogP contribution in [0.3, 0.4) is 0 Å². The predicted octanol–water partition coefficient (Wildman–Crippen LogP) is 3.28. The van der Waals surface area contributed by atoms with E-state index in [2.05, 4.69) is 4.98 Å². The maximum absolute atomic E-state index is 12.7. The second-order valence-corrected chi connectivity index (χ2v) is 6.33. The molecule has 2 aromatic heterocycles. The monoisotopic (exact) mass is 371 g/mol. The zero-order chi connectivity index (χ0) is 18.8. The van der Waals surface area contributed by atoms with E-state index in [0.29, 0.717) is 21.6 Å². The van der Waals surface area contributed by atoms with Crippen LogP contribution in [0.4, 0.5) is 5.82 Å². The summed E-state index contributed by atoms with van der Waals surface area (Å²) < 4.78 is 6.76. The van der Waals surface area contributed by atoms with Crippen molar-refractivity contribution in [3.05, 3.63) is 63.5 Å². The second-order valence-electron chi connectivity index (χ2n) is 5.89. The Labute approximate surface area is 155 Å². The van der Waals surface area contributed by atoms with Crippen molar-refractivity contribution in [2.45, 2.75) is 6.92 Å². The third-order valence-corrected chi connectivity index (χ3v) is 4.16. The smallest absolute Gasteiger partial charge is 0.343 e. The van der Waals surface area contributed by atoms with E-state index in [0.717, 1.165) is 5.82 Å². The Morgan fingerprint density at radius 1 is 1.27 bits per heavy atom. The van der Waals surface area contributed by atoms with Crippen molar-refractivity contribution >= 4 is 34.3 Å². The standard InChI is InChI=1S/C19H18ClN3O3/c1-4-26-19(25)15-11-23(13-6-8-17(21-10-13)22(2)3)16-7-5-12(20)9-14(16)18(15)24/h5-11H,4H2,1-3H3. The van der Waals surface area contributed by atoms with Gasteiger partial charge in [-0.3, -0.25) is 4.79 Å². The third-order valence-electron chi connectivity index (χ3n) is 3.93. The highest BCUT2D eigenvalue weighted by atomic mass is 35.5. The quantitative estimate of drug-likeness (QED) is 0.658. The minimum Gasteiger partial charge on any atom is -0.462 e. The topological polar surface area (TPSA) is 64.4 Å². The van der Waals surface area contributed by atoms with Gasteiger partial charge in [0, 0.05) is 30.7 Å². The fraction of sp³-hybridized carbons (Fsp3) is 0.211. The van der Waals surface area contributed by atoms with E-state index >= 15 is 0 Å². The lowest BCUT2D eigenvalue weighted by atomic mass is 10.1. The highest BCUT2D eigenvalue weighted by Gasteiger charge is 2.17. The summed E-state index contributed by atoms with van der Waals surface area (Å²) in [7, 11) is 3.80. The highest BCUT2D eigenvalue weighted by Crippen LogP contribution is 2.22. The lowest BCUT2D eigenvalue weighted by Gasteiger charge is -2.15. The van der Waals surface area contributed by atoms with E-state index in [4.69, 9.17) is 16.3 Å². The lowest BCUT2D eigenvalue weighted by molar-refractivity contribution is 0.0524. The number of hydrogen-bond donors (Lipinski definition) is 0. The van der Waals surface area contributed by atoms with Gasteiger partial charge in [0.05, 0.1) is 24.0 Å². The average Bonchev–Trinajstić information content (AvgIpc) is 2.62. The van der Waals surface area contributed by atoms with Gasteiger partial charge in [-0.25, -0.2) is 9.78 Å². The van der Waals surface area contributed by atoms with E-state index in [1.54, 1.807) is 35.9 Å². The average molecular weight is 372 g/mol. The van der Waals surface area contributed by atoms with Gasteiger partial charge in [-0.05, 0) is 37.3 Å². The molecule has 6 nitrogen and oxygen atoms in total. The summed E-state index contributed by atoms with van der Waals surface area (Å²) in [4.78, 5) is 31.2. The zero-order valence-corrected chi connectivity index (χ0v) is 15.4. The molecule has 1 aromatic carbocycles. The van der Waals surface area contributed by atoms with Gasteiger partial charge in [-0.2, -0.15) is 0 Å². The highest BCUT2D eigenvalue weighted by molar-refractivity contribution is 6.31. The Morgan fingerprint density at radius 2 is 2.04 bits per heavy atom. The number of ether oxygens (including phenoxy) is 1. The second kappa shape index (κ2) is 7.17. The van der Waals surface area contributed by atoms with E-state index in [1.165, 1.54) is 6.20 Å². The first-order valence-electron chi connectivity index (χ1n) is 8.08. The Morgan fingerprint density at radius 3 is 2.65 bits per heavy atom. The predicted molar refractivity (Wildman–Crippen MR) is 103 cm³/mol. The molecule has 0 saturated carbocycles. The molecular weight excluding hydrogens is 354 g/mol. The van der Waals surface area contributed by atoms with Crippen molar-refractivity contribution in [3.63, 3.8) is 0 Å². The van der Waals surface area contributed by atoms with Gasteiger partial charge in [0.25, 0.3) is 0 Å². The van der Waals surface area contributed by atoms with Crippen LogP contribution in [0.15, 0.2) is 47.5 Å². The summed E-state index contributed by atoms with van der Waals surface area (Å²) in [6, 6.07) is 8.73. The number of pyridine rings is 2. The fourth-order valence-electron chi connectivity index (χ4n) is 2.66. The number of carbonyl (C=O) groups is 1. The molecule has 0 spiro atoms. The van der Waals surface area contributed by atoms with Crippen molar-refractivity contribution < 1.29 is 9.53 Å². The van der Waals surface area contributed by atoms with Gasteiger partial charge in [0.2, 0.25) is 5.43 Å². The summed E-state index contributed by atoms with van der Waals surface area (Å²) >= 11 is 6.06. The van der Waals surface area contributed by atoms with Gasteiger partial charge in [0.15, 0.2) is 0 Å². The van der Waals surface area contributed by atoms with E-state index in [1.807, 2.05) is 31.1 Å². The molecule has 3 aromatic rings. The first kappa shape index (κ1) is 17.9. The Bertz CT molecular complexity index is 1030. The number of anilines is 1. The molecular formula is C19H18ClN3O3. The molecule has 134 valence electrons. The molecule has 0 aliphatic heterocycles. The summed E-state index contributed by atoms with van der Waals surface area (Å²) in [5.41, 5.74) is 0.897. The van der Waals surface area contributed by atoms with Crippen LogP contribution in [0, 0.1) is 0 Å². The van der Waals surface area contributed by atoms with Crippen molar-refractivity contribution in [2.24, 2.45) is 0 Å². The van der Waals surface area contributed by atoms with Gasteiger partial charge >= 0.3 is 5.97 Å². The fourth-order valence-corrected chi connectivity index (χ4v) is 2.83. The van der Waals surface area contributed by atoms with Gasteiger partial charge < -0.3 is 14.2 Å². The summed E-state index contributed by atoms with van der Waals surface area (Å²) in [5.74, 6) is 0.138. The minimum absolute atomic E-state index is 0.0432. The first-order valence-corrected chi connectivity index (χ1v) is 8.46. The number of carbonyl (C=O) groups excluding carboxylic acids is 1. The number of aromatic nitrogens is 2. The molecule has 0 fully saturated rings.